The molecule has 1 aromatic heterocycles. The van der Waals surface area contributed by atoms with Crippen molar-refractivity contribution in [3.63, 3.8) is 0 Å². The van der Waals surface area contributed by atoms with Gasteiger partial charge in [-0.2, -0.15) is 0 Å². The minimum Gasteiger partial charge on any atom is -0.293 e. The molecule has 1 atom stereocenters. The van der Waals surface area contributed by atoms with E-state index in [2.05, 4.69) is 4.98 Å². The number of hydrogen-bond donors (Lipinski definition) is 0. The third kappa shape index (κ3) is 2.50. The first-order chi connectivity index (χ1) is 9.99. The molecule has 0 amide bonds. The van der Waals surface area contributed by atoms with Gasteiger partial charge in [-0.05, 0) is 37.3 Å². The van der Waals surface area contributed by atoms with Gasteiger partial charge in [0, 0.05) is 0 Å². The Kier molecular flexibility index (Phi) is 3.82. The van der Waals surface area contributed by atoms with Crippen molar-refractivity contribution in [2.24, 2.45) is 0 Å². The van der Waals surface area contributed by atoms with Gasteiger partial charge in [0.15, 0.2) is 0 Å². The van der Waals surface area contributed by atoms with E-state index in [0.29, 0.717) is 27.1 Å². The number of alkyl halides is 1. The number of aromatic nitrogens is 2. The first kappa shape index (κ1) is 14.6. The zero-order chi connectivity index (χ0) is 15.1. The highest BCUT2D eigenvalue weighted by Gasteiger charge is 2.19. The van der Waals surface area contributed by atoms with Gasteiger partial charge in [-0.1, -0.05) is 29.3 Å². The summed E-state index contributed by atoms with van der Waals surface area (Å²) < 4.78 is 15.3. The van der Waals surface area contributed by atoms with Gasteiger partial charge in [-0.25, -0.2) is 9.37 Å². The van der Waals surface area contributed by atoms with Gasteiger partial charge in [-0.3, -0.25) is 4.57 Å². The number of hydrogen-bond acceptors (Lipinski definition) is 1. The van der Waals surface area contributed by atoms with Gasteiger partial charge in [0.25, 0.3) is 0 Å². The summed E-state index contributed by atoms with van der Waals surface area (Å²) in [5.41, 5.74) is 1.84. The van der Waals surface area contributed by atoms with Crippen molar-refractivity contribution < 1.29 is 4.39 Å². The lowest BCUT2D eigenvalue weighted by molar-refractivity contribution is 0.626. The Morgan fingerprint density at radius 1 is 1.14 bits per heavy atom. The van der Waals surface area contributed by atoms with Crippen LogP contribution in [0.2, 0.25) is 10.0 Å². The van der Waals surface area contributed by atoms with E-state index < -0.39 is 0 Å². The molecule has 2 aromatic carbocycles. The minimum absolute atomic E-state index is 0.382. The molecule has 108 valence electrons. The first-order valence-corrected chi connectivity index (χ1v) is 7.44. The van der Waals surface area contributed by atoms with Crippen LogP contribution < -0.4 is 0 Å². The fourth-order valence-electron chi connectivity index (χ4n) is 2.26. The van der Waals surface area contributed by atoms with Crippen molar-refractivity contribution in [2.45, 2.75) is 12.3 Å². The van der Waals surface area contributed by atoms with Crippen molar-refractivity contribution in [2.75, 3.05) is 0 Å². The summed E-state index contributed by atoms with van der Waals surface area (Å²) in [6.07, 6.45) is 0. The second kappa shape index (κ2) is 5.48. The van der Waals surface area contributed by atoms with Gasteiger partial charge in [0.2, 0.25) is 0 Å². The van der Waals surface area contributed by atoms with E-state index in [1.165, 1.54) is 18.2 Å². The summed E-state index contributed by atoms with van der Waals surface area (Å²) in [5, 5.41) is 0.541. The van der Waals surface area contributed by atoms with Crippen molar-refractivity contribution in [1.82, 2.24) is 9.55 Å². The minimum atomic E-state index is -0.383. The van der Waals surface area contributed by atoms with E-state index in [-0.39, 0.29) is 11.2 Å². The van der Waals surface area contributed by atoms with E-state index >= 15 is 0 Å². The number of halogens is 4. The molecule has 0 N–H and O–H groups in total. The van der Waals surface area contributed by atoms with Crippen molar-refractivity contribution >= 4 is 45.8 Å². The van der Waals surface area contributed by atoms with Crippen LogP contribution in [0, 0.1) is 5.82 Å². The molecule has 0 fully saturated rings. The standard InChI is InChI=1S/C15H10Cl3FN2/c1-8(16)15-20-14-11(18)3-2-4-12(14)21(15)13-7-9(19)5-6-10(13)17/h2-8H,1H3. The summed E-state index contributed by atoms with van der Waals surface area (Å²) in [6, 6.07) is 9.56. The predicted octanol–water partition coefficient (Wildman–Crippen LogP) is 5.77. The fraction of sp³-hybridized carbons (Fsp3) is 0.133. The molecule has 0 radical (unpaired) electrons. The molecule has 21 heavy (non-hydrogen) atoms. The second-order valence-electron chi connectivity index (χ2n) is 4.62. The molecule has 1 heterocycles. The molecule has 0 aliphatic rings. The first-order valence-electron chi connectivity index (χ1n) is 6.25. The lowest BCUT2D eigenvalue weighted by Crippen LogP contribution is -2.03. The van der Waals surface area contributed by atoms with E-state index in [4.69, 9.17) is 34.8 Å². The number of fused-ring (bicyclic) bond motifs is 1. The molecule has 0 bridgehead atoms. The Morgan fingerprint density at radius 3 is 2.62 bits per heavy atom. The molecule has 3 aromatic rings. The molecule has 0 saturated carbocycles. The smallest absolute Gasteiger partial charge is 0.132 e. The highest BCUT2D eigenvalue weighted by atomic mass is 35.5. The lowest BCUT2D eigenvalue weighted by Gasteiger charge is -2.12. The SMILES string of the molecule is CC(Cl)c1nc2c(Cl)cccc2n1-c1cc(F)ccc1Cl. The molecule has 3 rings (SSSR count). The van der Waals surface area contributed by atoms with Gasteiger partial charge in [0.1, 0.15) is 17.2 Å². The van der Waals surface area contributed by atoms with Crippen LogP contribution in [-0.2, 0) is 0 Å². The van der Waals surface area contributed by atoms with Crippen molar-refractivity contribution in [3.05, 3.63) is 58.1 Å². The van der Waals surface area contributed by atoms with Gasteiger partial charge in [-0.15, -0.1) is 11.6 Å². The summed E-state index contributed by atoms with van der Waals surface area (Å²) in [6.45, 7) is 1.79. The summed E-state index contributed by atoms with van der Waals surface area (Å²) in [4.78, 5) is 4.48. The molecule has 1 unspecified atom stereocenters. The Morgan fingerprint density at radius 2 is 1.90 bits per heavy atom. The van der Waals surface area contributed by atoms with Crippen LogP contribution in [0.15, 0.2) is 36.4 Å². The third-order valence-electron chi connectivity index (χ3n) is 3.17. The van der Waals surface area contributed by atoms with E-state index in [9.17, 15) is 4.39 Å². The molecule has 0 aliphatic heterocycles. The summed E-state index contributed by atoms with van der Waals surface area (Å²) in [7, 11) is 0. The Balaban J connectivity index is 2.42. The highest BCUT2D eigenvalue weighted by Crippen LogP contribution is 2.34. The maximum atomic E-state index is 13.6. The number of benzene rings is 2. The second-order valence-corrected chi connectivity index (χ2v) is 6.09. The van der Waals surface area contributed by atoms with Crippen LogP contribution in [0.4, 0.5) is 4.39 Å². The fourth-order valence-corrected chi connectivity index (χ4v) is 2.82. The average molecular weight is 344 g/mol. The molecule has 0 spiro atoms. The quantitative estimate of drug-likeness (QED) is 0.540. The van der Waals surface area contributed by atoms with Gasteiger partial charge >= 0.3 is 0 Å². The number of rotatable bonds is 2. The van der Waals surface area contributed by atoms with Crippen LogP contribution in [0.1, 0.15) is 18.1 Å². The van der Waals surface area contributed by atoms with E-state index in [1.54, 1.807) is 23.6 Å². The molecule has 0 saturated heterocycles. The topological polar surface area (TPSA) is 17.8 Å². The van der Waals surface area contributed by atoms with Crippen LogP contribution in [-0.4, -0.2) is 9.55 Å². The van der Waals surface area contributed by atoms with Crippen LogP contribution >= 0.6 is 34.8 Å². The van der Waals surface area contributed by atoms with Crippen molar-refractivity contribution in [1.29, 1.82) is 0 Å². The zero-order valence-electron chi connectivity index (χ0n) is 10.9. The molecular weight excluding hydrogens is 334 g/mol. The van der Waals surface area contributed by atoms with Gasteiger partial charge in [0.05, 0.1) is 26.6 Å². The monoisotopic (exact) mass is 342 g/mol. The number of imidazole rings is 1. The maximum Gasteiger partial charge on any atom is 0.132 e. The van der Waals surface area contributed by atoms with Crippen LogP contribution in [0.5, 0.6) is 0 Å². The summed E-state index contributed by atoms with van der Waals surface area (Å²) >= 11 is 18.6. The average Bonchev–Trinajstić information content (AvgIpc) is 2.82. The third-order valence-corrected chi connectivity index (χ3v) is 3.99. The molecule has 2 nitrogen and oxygen atoms in total. The Hall–Kier alpha value is -1.29. The number of para-hydroxylation sites is 1. The number of nitrogens with zero attached hydrogens (tertiary/aromatic N) is 2. The largest absolute Gasteiger partial charge is 0.293 e. The normalized spacial score (nSPS) is 12.8. The summed E-state index contributed by atoms with van der Waals surface area (Å²) in [5.74, 6) is 0.179. The molecule has 0 aliphatic carbocycles. The molecular formula is C15H10Cl3FN2. The van der Waals surface area contributed by atoms with E-state index in [1.807, 2.05) is 6.07 Å². The van der Waals surface area contributed by atoms with Crippen LogP contribution in [0.25, 0.3) is 16.7 Å². The highest BCUT2D eigenvalue weighted by molar-refractivity contribution is 6.35. The predicted molar refractivity (Wildman–Crippen MR) is 85.3 cm³/mol. The van der Waals surface area contributed by atoms with Gasteiger partial charge < -0.3 is 0 Å². The zero-order valence-corrected chi connectivity index (χ0v) is 13.2. The molecule has 6 heteroatoms. The van der Waals surface area contributed by atoms with E-state index in [0.717, 1.165) is 5.52 Å². The lowest BCUT2D eigenvalue weighted by atomic mass is 10.2. The van der Waals surface area contributed by atoms with Crippen molar-refractivity contribution in [3.8, 4) is 5.69 Å². The van der Waals surface area contributed by atoms with Crippen LogP contribution in [0.3, 0.4) is 0 Å². The Labute approximate surface area is 136 Å². The Bertz CT molecular complexity index is 827. The maximum absolute atomic E-state index is 13.6.